The number of aromatic nitrogens is 1. The Kier molecular flexibility index (Phi) is 6.58. The average molecular weight is 444 g/mol. The van der Waals surface area contributed by atoms with Gasteiger partial charge in [-0.05, 0) is 67.4 Å². The van der Waals surface area contributed by atoms with Gasteiger partial charge in [-0.1, -0.05) is 12.1 Å². The molecule has 0 unspecified atom stereocenters. The van der Waals surface area contributed by atoms with Crippen molar-refractivity contribution in [1.82, 2.24) is 14.8 Å². The van der Waals surface area contributed by atoms with Crippen LogP contribution in [0, 0.1) is 13.8 Å². The summed E-state index contributed by atoms with van der Waals surface area (Å²) in [5.74, 6) is -0.0114. The van der Waals surface area contributed by atoms with Crippen LogP contribution in [0.2, 0.25) is 0 Å². The zero-order valence-corrected chi connectivity index (χ0v) is 19.3. The number of rotatable bonds is 4. The number of nitrogens with zero attached hydrogens (tertiary/aromatic N) is 4. The molecule has 2 aromatic carbocycles. The van der Waals surface area contributed by atoms with Crippen LogP contribution >= 0.6 is 0 Å². The van der Waals surface area contributed by atoms with Crippen molar-refractivity contribution >= 4 is 29.0 Å². The van der Waals surface area contributed by atoms with Crippen LogP contribution in [0.25, 0.3) is 0 Å². The molecule has 0 spiro atoms. The fourth-order valence-electron chi connectivity index (χ4n) is 3.90. The third kappa shape index (κ3) is 5.14. The number of aryl methyl sites for hydroxylation is 2. The van der Waals surface area contributed by atoms with Crippen LogP contribution in [0.1, 0.15) is 21.5 Å². The van der Waals surface area contributed by atoms with Gasteiger partial charge in [-0.2, -0.15) is 0 Å². The van der Waals surface area contributed by atoms with Gasteiger partial charge in [0.15, 0.2) is 0 Å². The van der Waals surface area contributed by atoms with Gasteiger partial charge in [-0.3, -0.25) is 9.78 Å². The summed E-state index contributed by atoms with van der Waals surface area (Å²) in [6.07, 6.45) is 3.51. The van der Waals surface area contributed by atoms with Gasteiger partial charge in [-0.25, -0.2) is 4.79 Å². The summed E-state index contributed by atoms with van der Waals surface area (Å²) in [6.45, 7) is 6.01. The van der Waals surface area contributed by atoms with Gasteiger partial charge in [-0.15, -0.1) is 0 Å². The molecule has 1 aromatic heterocycles. The molecule has 0 bridgehead atoms. The molecule has 1 aliphatic heterocycles. The maximum Gasteiger partial charge on any atom is 0.321 e. The first-order chi connectivity index (χ1) is 15.9. The number of anilines is 3. The maximum atomic E-state index is 13.0. The first-order valence-electron chi connectivity index (χ1n) is 11.1. The number of pyridine rings is 1. The van der Waals surface area contributed by atoms with E-state index in [9.17, 15) is 9.59 Å². The van der Waals surface area contributed by atoms with Gasteiger partial charge < -0.3 is 20.0 Å². The van der Waals surface area contributed by atoms with Crippen LogP contribution in [0.3, 0.4) is 0 Å². The number of carbonyl (C=O) groups excluding carboxylic acids is 2. The number of urea groups is 1. The Hall–Kier alpha value is -3.87. The Morgan fingerprint density at radius 1 is 0.848 bits per heavy atom. The molecule has 33 heavy (non-hydrogen) atoms. The zero-order valence-electron chi connectivity index (χ0n) is 19.3. The normalized spacial score (nSPS) is 13.5. The lowest BCUT2D eigenvalue weighted by Crippen LogP contribution is -2.51. The van der Waals surface area contributed by atoms with E-state index in [1.165, 1.54) is 0 Å². The molecule has 4 rings (SSSR count). The van der Waals surface area contributed by atoms with Crippen LogP contribution in [-0.2, 0) is 0 Å². The van der Waals surface area contributed by atoms with E-state index in [2.05, 4.69) is 10.3 Å². The van der Waals surface area contributed by atoms with Gasteiger partial charge in [0.05, 0.1) is 0 Å². The summed E-state index contributed by atoms with van der Waals surface area (Å²) in [5, 5.41) is 3.00. The lowest BCUT2D eigenvalue weighted by molar-refractivity contribution is 0.0671. The quantitative estimate of drug-likeness (QED) is 0.647. The Labute approximate surface area is 194 Å². The summed E-state index contributed by atoms with van der Waals surface area (Å²) >= 11 is 0. The molecule has 170 valence electrons. The Balaban J connectivity index is 1.33. The first kappa shape index (κ1) is 22.3. The highest BCUT2D eigenvalue weighted by molar-refractivity contribution is 5.95. The molecule has 2 heterocycles. The number of nitrogens with one attached hydrogen (secondary N) is 1. The van der Waals surface area contributed by atoms with Crippen LogP contribution in [0.4, 0.5) is 21.9 Å². The molecule has 0 atom stereocenters. The highest BCUT2D eigenvalue weighted by atomic mass is 16.2. The molecular formula is C26H29N5O2. The van der Waals surface area contributed by atoms with Gasteiger partial charge in [0.1, 0.15) is 0 Å². The third-order valence-corrected chi connectivity index (χ3v) is 6.04. The van der Waals surface area contributed by atoms with E-state index >= 15 is 0 Å². The molecule has 1 aliphatic rings. The minimum atomic E-state index is -0.126. The minimum Gasteiger partial charge on any atom is -0.345 e. The Morgan fingerprint density at radius 3 is 2.12 bits per heavy atom. The van der Waals surface area contributed by atoms with E-state index in [4.69, 9.17) is 0 Å². The SMILES string of the molecule is Cc1ccc(C)c(NC(=O)N2CCN(C(=O)c3ccc(N(C)c4ccncc4)cc3)CC2)c1. The van der Waals surface area contributed by atoms with E-state index in [-0.39, 0.29) is 11.9 Å². The van der Waals surface area contributed by atoms with Crippen LogP contribution in [0.15, 0.2) is 67.0 Å². The van der Waals surface area contributed by atoms with E-state index in [1.807, 2.05) is 85.3 Å². The second kappa shape index (κ2) is 9.73. The second-order valence-electron chi connectivity index (χ2n) is 8.34. The molecule has 0 radical (unpaired) electrons. The summed E-state index contributed by atoms with van der Waals surface area (Å²) < 4.78 is 0. The number of amides is 3. The van der Waals surface area contributed by atoms with Crippen LogP contribution in [-0.4, -0.2) is 59.9 Å². The monoisotopic (exact) mass is 443 g/mol. The zero-order chi connectivity index (χ0) is 23.4. The van der Waals surface area contributed by atoms with Crippen molar-refractivity contribution in [3.05, 3.63) is 83.7 Å². The summed E-state index contributed by atoms with van der Waals surface area (Å²) in [5.41, 5.74) is 5.63. The second-order valence-corrected chi connectivity index (χ2v) is 8.34. The topological polar surface area (TPSA) is 68.8 Å². The fourth-order valence-corrected chi connectivity index (χ4v) is 3.90. The number of hydrogen-bond donors (Lipinski definition) is 1. The molecule has 1 saturated heterocycles. The third-order valence-electron chi connectivity index (χ3n) is 6.04. The number of hydrogen-bond acceptors (Lipinski definition) is 4. The minimum absolute atomic E-state index is 0.0114. The van der Waals surface area contributed by atoms with Gasteiger partial charge in [0, 0.05) is 68.2 Å². The van der Waals surface area contributed by atoms with Crippen molar-refractivity contribution < 1.29 is 9.59 Å². The Bertz CT molecular complexity index is 1120. The molecule has 1 N–H and O–H groups in total. The highest BCUT2D eigenvalue weighted by Gasteiger charge is 2.25. The molecule has 3 aromatic rings. The van der Waals surface area contributed by atoms with E-state index < -0.39 is 0 Å². The van der Waals surface area contributed by atoms with Gasteiger partial charge in [0.25, 0.3) is 5.91 Å². The highest BCUT2D eigenvalue weighted by Crippen LogP contribution is 2.23. The van der Waals surface area contributed by atoms with Crippen molar-refractivity contribution in [2.45, 2.75) is 13.8 Å². The van der Waals surface area contributed by atoms with Crippen LogP contribution in [0.5, 0.6) is 0 Å². The largest absolute Gasteiger partial charge is 0.345 e. The lowest BCUT2D eigenvalue weighted by atomic mass is 10.1. The summed E-state index contributed by atoms with van der Waals surface area (Å²) in [6, 6.07) is 17.4. The molecule has 7 nitrogen and oxygen atoms in total. The van der Waals surface area contributed by atoms with Crippen molar-refractivity contribution in [2.24, 2.45) is 0 Å². The Morgan fingerprint density at radius 2 is 1.45 bits per heavy atom. The summed E-state index contributed by atoms with van der Waals surface area (Å²) in [7, 11) is 1.98. The van der Waals surface area contributed by atoms with E-state index in [0.717, 1.165) is 28.2 Å². The van der Waals surface area contributed by atoms with Crippen molar-refractivity contribution in [3.63, 3.8) is 0 Å². The predicted octanol–water partition coefficient (Wildman–Crippen LogP) is 4.46. The fraction of sp³-hybridized carbons (Fsp3) is 0.269. The first-order valence-corrected chi connectivity index (χ1v) is 11.1. The van der Waals surface area contributed by atoms with Crippen molar-refractivity contribution in [3.8, 4) is 0 Å². The standard InChI is InChI=1S/C26H29N5O2/c1-19-4-5-20(2)24(18-19)28-26(33)31-16-14-30(15-17-31)25(32)21-6-8-22(9-7-21)29(3)23-10-12-27-13-11-23/h4-13,18H,14-17H2,1-3H3,(H,28,33). The average Bonchev–Trinajstić information content (AvgIpc) is 2.86. The van der Waals surface area contributed by atoms with Crippen molar-refractivity contribution in [2.75, 3.05) is 43.4 Å². The maximum absolute atomic E-state index is 13.0. The lowest BCUT2D eigenvalue weighted by Gasteiger charge is -2.35. The van der Waals surface area contributed by atoms with E-state index in [1.54, 1.807) is 17.3 Å². The molecule has 0 aliphatic carbocycles. The predicted molar refractivity (Wildman–Crippen MR) is 131 cm³/mol. The van der Waals surface area contributed by atoms with Gasteiger partial charge >= 0.3 is 6.03 Å². The number of piperazine rings is 1. The van der Waals surface area contributed by atoms with Crippen molar-refractivity contribution in [1.29, 1.82) is 0 Å². The molecule has 7 heteroatoms. The smallest absolute Gasteiger partial charge is 0.321 e. The number of carbonyl (C=O) groups is 2. The molecule has 0 saturated carbocycles. The number of benzene rings is 2. The van der Waals surface area contributed by atoms with Gasteiger partial charge in [0.2, 0.25) is 0 Å². The molecule has 3 amide bonds. The summed E-state index contributed by atoms with van der Waals surface area (Å²) in [4.78, 5) is 35.3. The van der Waals surface area contributed by atoms with E-state index in [0.29, 0.717) is 31.7 Å². The molecule has 1 fully saturated rings. The molecular weight excluding hydrogens is 414 g/mol. The van der Waals surface area contributed by atoms with Crippen LogP contribution < -0.4 is 10.2 Å².